The van der Waals surface area contributed by atoms with Gasteiger partial charge in [-0.25, -0.2) is 0 Å². The summed E-state index contributed by atoms with van der Waals surface area (Å²) in [7, 11) is 0. The number of halogens is 1. The van der Waals surface area contributed by atoms with Crippen molar-refractivity contribution in [3.8, 4) is 0 Å². The van der Waals surface area contributed by atoms with Crippen LogP contribution in [0.4, 0.5) is 0 Å². The maximum absolute atomic E-state index is 11.8. The fraction of sp³-hybridized carbons (Fsp3) is 0.357. The standard InChI is InChI=1S/C14H18ClNO/c1-2-13(16)5-3-4-6-14(17)11-7-9-12(15)10-8-11/h2,7-10,13H,1,3-6,16H2. The van der Waals surface area contributed by atoms with Gasteiger partial charge in [-0.2, -0.15) is 0 Å². The normalized spacial score (nSPS) is 12.1. The molecule has 0 amide bonds. The van der Waals surface area contributed by atoms with E-state index in [1.165, 1.54) is 0 Å². The van der Waals surface area contributed by atoms with Crippen LogP contribution < -0.4 is 5.73 Å². The van der Waals surface area contributed by atoms with E-state index in [1.54, 1.807) is 30.3 Å². The highest BCUT2D eigenvalue weighted by Crippen LogP contribution is 2.13. The monoisotopic (exact) mass is 251 g/mol. The first-order valence-corrected chi connectivity index (χ1v) is 6.18. The minimum absolute atomic E-state index is 0.0423. The number of ketones is 1. The zero-order chi connectivity index (χ0) is 12.7. The summed E-state index contributed by atoms with van der Waals surface area (Å²) in [5, 5.41) is 0.651. The quantitative estimate of drug-likeness (QED) is 0.457. The summed E-state index contributed by atoms with van der Waals surface area (Å²) in [6.07, 6.45) is 5.00. The van der Waals surface area contributed by atoms with Crippen LogP contribution in [0.2, 0.25) is 5.02 Å². The molecule has 1 aromatic carbocycles. The fourth-order valence-corrected chi connectivity index (χ4v) is 1.69. The molecule has 1 atom stereocenters. The Morgan fingerprint density at radius 2 is 2.00 bits per heavy atom. The number of hydrogen-bond donors (Lipinski definition) is 1. The van der Waals surface area contributed by atoms with Gasteiger partial charge in [-0.3, -0.25) is 4.79 Å². The lowest BCUT2D eigenvalue weighted by atomic mass is 10.0. The number of carbonyl (C=O) groups is 1. The van der Waals surface area contributed by atoms with E-state index in [4.69, 9.17) is 17.3 Å². The van der Waals surface area contributed by atoms with Gasteiger partial charge in [0.25, 0.3) is 0 Å². The van der Waals surface area contributed by atoms with Crippen molar-refractivity contribution in [3.05, 3.63) is 47.5 Å². The summed E-state index contributed by atoms with van der Waals surface area (Å²) in [4.78, 5) is 11.8. The average molecular weight is 252 g/mol. The molecule has 0 aliphatic carbocycles. The van der Waals surface area contributed by atoms with Crippen molar-refractivity contribution in [2.24, 2.45) is 5.73 Å². The van der Waals surface area contributed by atoms with E-state index in [9.17, 15) is 4.79 Å². The molecule has 0 aromatic heterocycles. The molecule has 1 aromatic rings. The van der Waals surface area contributed by atoms with Crippen LogP contribution in [-0.4, -0.2) is 11.8 Å². The van der Waals surface area contributed by atoms with E-state index >= 15 is 0 Å². The van der Waals surface area contributed by atoms with Gasteiger partial charge in [-0.15, -0.1) is 6.58 Å². The molecule has 0 heterocycles. The number of rotatable bonds is 7. The predicted molar refractivity (Wildman–Crippen MR) is 72.4 cm³/mol. The molecule has 2 nitrogen and oxygen atoms in total. The van der Waals surface area contributed by atoms with Crippen molar-refractivity contribution in [1.82, 2.24) is 0 Å². The number of carbonyl (C=O) groups excluding carboxylic acids is 1. The van der Waals surface area contributed by atoms with Crippen LogP contribution >= 0.6 is 11.6 Å². The Hall–Kier alpha value is -1.12. The van der Waals surface area contributed by atoms with Gasteiger partial charge in [-0.1, -0.05) is 24.1 Å². The zero-order valence-electron chi connectivity index (χ0n) is 9.86. The van der Waals surface area contributed by atoms with Gasteiger partial charge in [0.05, 0.1) is 0 Å². The molecule has 0 aliphatic heterocycles. The molecule has 0 fully saturated rings. The summed E-state index contributed by atoms with van der Waals surface area (Å²) in [5.74, 6) is 0.161. The molecule has 17 heavy (non-hydrogen) atoms. The van der Waals surface area contributed by atoms with Crippen molar-refractivity contribution < 1.29 is 4.79 Å². The van der Waals surface area contributed by atoms with Crippen LogP contribution in [0.25, 0.3) is 0 Å². The maximum Gasteiger partial charge on any atom is 0.162 e. The third-order valence-electron chi connectivity index (χ3n) is 2.66. The van der Waals surface area contributed by atoms with Crippen LogP contribution in [0.15, 0.2) is 36.9 Å². The molecule has 0 radical (unpaired) electrons. The van der Waals surface area contributed by atoms with Crippen molar-refractivity contribution in [3.63, 3.8) is 0 Å². The van der Waals surface area contributed by atoms with Crippen molar-refractivity contribution in [2.45, 2.75) is 31.7 Å². The van der Waals surface area contributed by atoms with Gasteiger partial charge in [0.1, 0.15) is 0 Å². The Morgan fingerprint density at radius 1 is 1.35 bits per heavy atom. The second-order valence-corrected chi connectivity index (χ2v) is 4.51. The van der Waals surface area contributed by atoms with Crippen molar-refractivity contribution >= 4 is 17.4 Å². The molecule has 2 N–H and O–H groups in total. The lowest BCUT2D eigenvalue weighted by molar-refractivity contribution is 0.0979. The lowest BCUT2D eigenvalue weighted by Gasteiger charge is -2.05. The summed E-state index contributed by atoms with van der Waals surface area (Å²) in [6.45, 7) is 3.63. The zero-order valence-corrected chi connectivity index (χ0v) is 10.6. The first-order valence-electron chi connectivity index (χ1n) is 5.80. The molecule has 0 bridgehead atoms. The Kier molecular flexibility index (Phi) is 5.95. The van der Waals surface area contributed by atoms with E-state index in [-0.39, 0.29) is 11.8 Å². The number of unbranched alkanes of at least 4 members (excludes halogenated alkanes) is 1. The number of Topliss-reactive ketones (excluding diaryl/α,β-unsaturated/α-hetero) is 1. The molecule has 0 aliphatic rings. The molecule has 0 saturated carbocycles. The van der Waals surface area contributed by atoms with Crippen LogP contribution in [0, 0.1) is 0 Å². The Bertz CT molecular complexity index is 372. The van der Waals surface area contributed by atoms with E-state index in [0.29, 0.717) is 11.4 Å². The van der Waals surface area contributed by atoms with E-state index in [1.807, 2.05) is 0 Å². The molecule has 3 heteroatoms. The Balaban J connectivity index is 2.30. The van der Waals surface area contributed by atoms with Crippen LogP contribution in [0.3, 0.4) is 0 Å². The Labute approximate surface area is 107 Å². The number of nitrogens with two attached hydrogens (primary N) is 1. The molecule has 0 spiro atoms. The first-order chi connectivity index (χ1) is 8.13. The van der Waals surface area contributed by atoms with Crippen LogP contribution in [-0.2, 0) is 0 Å². The largest absolute Gasteiger partial charge is 0.324 e. The summed E-state index contributed by atoms with van der Waals surface area (Å²) < 4.78 is 0. The molecule has 1 unspecified atom stereocenters. The topological polar surface area (TPSA) is 43.1 Å². The summed E-state index contributed by atoms with van der Waals surface area (Å²) in [6, 6.07) is 7.05. The summed E-state index contributed by atoms with van der Waals surface area (Å²) >= 11 is 5.76. The van der Waals surface area contributed by atoms with E-state index in [0.717, 1.165) is 24.8 Å². The second kappa shape index (κ2) is 7.25. The van der Waals surface area contributed by atoms with Crippen molar-refractivity contribution in [2.75, 3.05) is 0 Å². The predicted octanol–water partition coefficient (Wildman–Crippen LogP) is 3.60. The molecule has 0 saturated heterocycles. The third-order valence-corrected chi connectivity index (χ3v) is 2.91. The SMILES string of the molecule is C=CC(N)CCCCC(=O)c1ccc(Cl)cc1. The van der Waals surface area contributed by atoms with Gasteiger partial charge in [0, 0.05) is 23.0 Å². The minimum atomic E-state index is 0.0423. The maximum atomic E-state index is 11.8. The minimum Gasteiger partial charge on any atom is -0.324 e. The van der Waals surface area contributed by atoms with Crippen LogP contribution in [0.5, 0.6) is 0 Å². The van der Waals surface area contributed by atoms with Gasteiger partial charge in [0.15, 0.2) is 5.78 Å². The fourth-order valence-electron chi connectivity index (χ4n) is 1.56. The molecule has 1 rings (SSSR count). The first kappa shape index (κ1) is 13.9. The molecular weight excluding hydrogens is 234 g/mol. The highest BCUT2D eigenvalue weighted by Gasteiger charge is 2.05. The van der Waals surface area contributed by atoms with Gasteiger partial charge in [-0.05, 0) is 37.1 Å². The lowest BCUT2D eigenvalue weighted by Crippen LogP contribution is -2.15. The van der Waals surface area contributed by atoms with E-state index < -0.39 is 0 Å². The van der Waals surface area contributed by atoms with E-state index in [2.05, 4.69) is 6.58 Å². The number of hydrogen-bond acceptors (Lipinski definition) is 2. The molecular formula is C14H18ClNO. The van der Waals surface area contributed by atoms with Crippen LogP contribution in [0.1, 0.15) is 36.0 Å². The third kappa shape index (κ3) is 5.16. The highest BCUT2D eigenvalue weighted by molar-refractivity contribution is 6.30. The van der Waals surface area contributed by atoms with Gasteiger partial charge < -0.3 is 5.73 Å². The average Bonchev–Trinajstić information content (AvgIpc) is 2.34. The van der Waals surface area contributed by atoms with Crippen molar-refractivity contribution in [1.29, 1.82) is 0 Å². The molecule has 92 valence electrons. The smallest absolute Gasteiger partial charge is 0.162 e. The van der Waals surface area contributed by atoms with Gasteiger partial charge >= 0.3 is 0 Å². The summed E-state index contributed by atoms with van der Waals surface area (Å²) in [5.41, 5.74) is 6.42. The Morgan fingerprint density at radius 3 is 2.59 bits per heavy atom. The number of benzene rings is 1. The van der Waals surface area contributed by atoms with Gasteiger partial charge in [0.2, 0.25) is 0 Å². The second-order valence-electron chi connectivity index (χ2n) is 4.08. The highest BCUT2D eigenvalue weighted by atomic mass is 35.5.